The summed E-state index contributed by atoms with van der Waals surface area (Å²) in [6.45, 7) is 3.11. The lowest BCUT2D eigenvalue weighted by atomic mass is 10.1. The molecule has 0 fully saturated rings. The Labute approximate surface area is 103 Å². The quantitative estimate of drug-likeness (QED) is 0.874. The molecule has 0 aliphatic carbocycles. The normalized spacial score (nSPS) is 9.44. The van der Waals surface area contributed by atoms with Gasteiger partial charge in [0.2, 0.25) is 5.91 Å². The number of rotatable bonds is 4. The monoisotopic (exact) mass is 242 g/mol. The van der Waals surface area contributed by atoms with Crippen molar-refractivity contribution in [3.8, 4) is 0 Å². The molecule has 0 saturated carbocycles. The zero-order valence-electron chi connectivity index (χ0n) is 9.77. The minimum Gasteiger partial charge on any atom is -0.341 e. The Morgan fingerprint density at radius 3 is 2.38 bits per heavy atom. The van der Waals surface area contributed by atoms with Crippen LogP contribution in [0.2, 0.25) is 0 Å². The number of hydrogen-bond acceptors (Lipinski definition) is 2. The van der Waals surface area contributed by atoms with E-state index < -0.39 is 0 Å². The van der Waals surface area contributed by atoms with Crippen LogP contribution in [-0.4, -0.2) is 24.4 Å². The standard InChI is InChI=1S/C12H18N2O.ClH/c1-10-3-5-11(6-4-10)9-14(2)12(15)7-8-13;/h3-6H,7-9,13H2,1-2H3;1H. The molecule has 0 bridgehead atoms. The molecule has 0 spiro atoms. The minimum atomic E-state index is 0. The van der Waals surface area contributed by atoms with Crippen molar-refractivity contribution >= 4 is 18.3 Å². The van der Waals surface area contributed by atoms with Crippen molar-refractivity contribution in [2.75, 3.05) is 13.6 Å². The number of carbonyl (C=O) groups is 1. The van der Waals surface area contributed by atoms with E-state index in [-0.39, 0.29) is 18.3 Å². The predicted octanol–water partition coefficient (Wildman–Crippen LogP) is 1.72. The third kappa shape index (κ3) is 4.64. The molecule has 90 valence electrons. The summed E-state index contributed by atoms with van der Waals surface area (Å²) in [5, 5.41) is 0. The molecule has 0 saturated heterocycles. The SMILES string of the molecule is Cc1ccc(CN(C)C(=O)CCN)cc1.Cl. The first-order chi connectivity index (χ1) is 7.13. The second-order valence-corrected chi connectivity index (χ2v) is 3.77. The molecule has 16 heavy (non-hydrogen) atoms. The van der Waals surface area contributed by atoms with Crippen molar-refractivity contribution < 1.29 is 4.79 Å². The first kappa shape index (κ1) is 14.9. The summed E-state index contributed by atoms with van der Waals surface area (Å²) in [6.07, 6.45) is 0.419. The molecule has 0 aliphatic heterocycles. The summed E-state index contributed by atoms with van der Waals surface area (Å²) in [6, 6.07) is 8.19. The lowest BCUT2D eigenvalue weighted by Gasteiger charge is -2.16. The molecule has 1 rings (SSSR count). The summed E-state index contributed by atoms with van der Waals surface area (Å²) in [4.78, 5) is 13.2. The molecule has 0 aliphatic rings. The molecule has 0 heterocycles. The lowest BCUT2D eigenvalue weighted by Crippen LogP contribution is -2.27. The first-order valence-corrected chi connectivity index (χ1v) is 5.13. The van der Waals surface area contributed by atoms with Crippen LogP contribution in [-0.2, 0) is 11.3 Å². The van der Waals surface area contributed by atoms with Crippen LogP contribution in [0.4, 0.5) is 0 Å². The van der Waals surface area contributed by atoms with E-state index >= 15 is 0 Å². The second kappa shape index (κ2) is 7.25. The second-order valence-electron chi connectivity index (χ2n) is 3.77. The van der Waals surface area contributed by atoms with Crippen molar-refractivity contribution in [2.45, 2.75) is 19.9 Å². The van der Waals surface area contributed by atoms with Gasteiger partial charge in [-0.15, -0.1) is 12.4 Å². The topological polar surface area (TPSA) is 46.3 Å². The van der Waals surface area contributed by atoms with Gasteiger partial charge in [-0.25, -0.2) is 0 Å². The van der Waals surface area contributed by atoms with Crippen molar-refractivity contribution in [1.82, 2.24) is 4.90 Å². The molecule has 1 aromatic rings. The van der Waals surface area contributed by atoms with Gasteiger partial charge in [-0.1, -0.05) is 29.8 Å². The Bertz CT molecular complexity index is 324. The van der Waals surface area contributed by atoms with Gasteiger partial charge < -0.3 is 10.6 Å². The molecule has 1 aromatic carbocycles. The van der Waals surface area contributed by atoms with Gasteiger partial charge in [0.05, 0.1) is 0 Å². The van der Waals surface area contributed by atoms with Crippen molar-refractivity contribution in [3.63, 3.8) is 0 Å². The maximum Gasteiger partial charge on any atom is 0.223 e. The number of carbonyl (C=O) groups excluding carboxylic acids is 1. The summed E-state index contributed by atoms with van der Waals surface area (Å²) in [5.41, 5.74) is 7.71. The lowest BCUT2D eigenvalue weighted by molar-refractivity contribution is -0.130. The predicted molar refractivity (Wildman–Crippen MR) is 68.6 cm³/mol. The van der Waals surface area contributed by atoms with Crippen LogP contribution in [0.25, 0.3) is 0 Å². The van der Waals surface area contributed by atoms with Crippen LogP contribution >= 0.6 is 12.4 Å². The van der Waals surface area contributed by atoms with Gasteiger partial charge in [0.25, 0.3) is 0 Å². The van der Waals surface area contributed by atoms with Crippen LogP contribution in [0.1, 0.15) is 17.5 Å². The third-order valence-electron chi connectivity index (χ3n) is 2.32. The van der Waals surface area contributed by atoms with Crippen molar-refractivity contribution in [3.05, 3.63) is 35.4 Å². The van der Waals surface area contributed by atoms with Crippen LogP contribution in [0.3, 0.4) is 0 Å². The summed E-state index contributed by atoms with van der Waals surface area (Å²) < 4.78 is 0. The zero-order chi connectivity index (χ0) is 11.3. The Kier molecular flexibility index (Phi) is 6.77. The fourth-order valence-electron chi connectivity index (χ4n) is 1.37. The van der Waals surface area contributed by atoms with Gasteiger partial charge in [0, 0.05) is 26.6 Å². The number of hydrogen-bond donors (Lipinski definition) is 1. The fraction of sp³-hybridized carbons (Fsp3) is 0.417. The Morgan fingerprint density at radius 1 is 1.31 bits per heavy atom. The number of amides is 1. The zero-order valence-corrected chi connectivity index (χ0v) is 10.6. The van der Waals surface area contributed by atoms with Gasteiger partial charge in [-0.05, 0) is 12.5 Å². The molecule has 0 radical (unpaired) electrons. The smallest absolute Gasteiger partial charge is 0.223 e. The number of benzene rings is 1. The van der Waals surface area contributed by atoms with Gasteiger partial charge in [-0.3, -0.25) is 4.79 Å². The van der Waals surface area contributed by atoms with Gasteiger partial charge in [-0.2, -0.15) is 0 Å². The van der Waals surface area contributed by atoms with Gasteiger partial charge in [0.15, 0.2) is 0 Å². The Balaban J connectivity index is 0.00000225. The van der Waals surface area contributed by atoms with Gasteiger partial charge >= 0.3 is 0 Å². The molecule has 4 heteroatoms. The van der Waals surface area contributed by atoms with Crippen LogP contribution in [0.15, 0.2) is 24.3 Å². The van der Waals surface area contributed by atoms with E-state index in [0.29, 0.717) is 19.5 Å². The highest BCUT2D eigenvalue weighted by Gasteiger charge is 2.07. The molecular formula is C12H19ClN2O. The Hall–Kier alpha value is -1.06. The highest BCUT2D eigenvalue weighted by Crippen LogP contribution is 2.06. The molecular weight excluding hydrogens is 224 g/mol. The summed E-state index contributed by atoms with van der Waals surface area (Å²) in [7, 11) is 1.80. The minimum absolute atomic E-state index is 0. The number of halogens is 1. The van der Waals surface area contributed by atoms with E-state index in [1.165, 1.54) is 5.56 Å². The molecule has 0 aromatic heterocycles. The average Bonchev–Trinajstić information content (AvgIpc) is 2.22. The average molecular weight is 243 g/mol. The molecule has 3 nitrogen and oxygen atoms in total. The third-order valence-corrected chi connectivity index (χ3v) is 2.32. The molecule has 0 unspecified atom stereocenters. The number of aryl methyl sites for hydroxylation is 1. The van der Waals surface area contributed by atoms with E-state index in [1.807, 2.05) is 19.1 Å². The first-order valence-electron chi connectivity index (χ1n) is 5.13. The van der Waals surface area contributed by atoms with E-state index in [1.54, 1.807) is 11.9 Å². The van der Waals surface area contributed by atoms with E-state index in [4.69, 9.17) is 5.73 Å². The van der Waals surface area contributed by atoms with E-state index in [2.05, 4.69) is 12.1 Å². The molecule has 0 atom stereocenters. The Morgan fingerprint density at radius 2 is 1.88 bits per heavy atom. The highest BCUT2D eigenvalue weighted by molar-refractivity contribution is 5.85. The highest BCUT2D eigenvalue weighted by atomic mass is 35.5. The summed E-state index contributed by atoms with van der Waals surface area (Å²) in [5.74, 6) is 0.0954. The molecule has 2 N–H and O–H groups in total. The largest absolute Gasteiger partial charge is 0.341 e. The van der Waals surface area contributed by atoms with Crippen LogP contribution < -0.4 is 5.73 Å². The number of nitrogens with two attached hydrogens (primary N) is 1. The van der Waals surface area contributed by atoms with Crippen LogP contribution in [0, 0.1) is 6.92 Å². The fourth-order valence-corrected chi connectivity index (χ4v) is 1.37. The number of nitrogens with zero attached hydrogens (tertiary/aromatic N) is 1. The van der Waals surface area contributed by atoms with E-state index in [9.17, 15) is 4.79 Å². The maximum absolute atomic E-state index is 11.5. The van der Waals surface area contributed by atoms with Crippen molar-refractivity contribution in [2.24, 2.45) is 5.73 Å². The molecule has 1 amide bonds. The van der Waals surface area contributed by atoms with Gasteiger partial charge in [0.1, 0.15) is 0 Å². The van der Waals surface area contributed by atoms with E-state index in [0.717, 1.165) is 5.56 Å². The summed E-state index contributed by atoms with van der Waals surface area (Å²) >= 11 is 0. The van der Waals surface area contributed by atoms with Crippen molar-refractivity contribution in [1.29, 1.82) is 0 Å². The maximum atomic E-state index is 11.5. The van der Waals surface area contributed by atoms with Crippen LogP contribution in [0.5, 0.6) is 0 Å².